The Labute approximate surface area is 399 Å². The van der Waals surface area contributed by atoms with Gasteiger partial charge in [-0.1, -0.05) is 238 Å². The van der Waals surface area contributed by atoms with E-state index in [9.17, 15) is 0 Å². The van der Waals surface area contributed by atoms with Crippen LogP contribution in [0.1, 0.15) is 44.5 Å². The molecule has 0 aliphatic heterocycles. The molecule has 0 heterocycles. The van der Waals surface area contributed by atoms with Crippen LogP contribution in [0.25, 0.3) is 66.1 Å². The van der Waals surface area contributed by atoms with Crippen molar-refractivity contribution >= 4 is 28.4 Å². The van der Waals surface area contributed by atoms with Crippen LogP contribution in [0.3, 0.4) is 0 Å². The molecule has 64 heavy (non-hydrogen) atoms. The summed E-state index contributed by atoms with van der Waals surface area (Å²) in [5.41, 5.74) is 20.9. The zero-order valence-corrected chi connectivity index (χ0v) is 41.5. The van der Waals surface area contributed by atoms with Gasteiger partial charge in [0.1, 0.15) is 0 Å². The molecule has 0 spiro atoms. The Hall–Kier alpha value is -5.92. The average molecular weight is 920 g/mol. The second-order valence-corrected chi connectivity index (χ2v) is 16.5. The van der Waals surface area contributed by atoms with Crippen molar-refractivity contribution in [2.24, 2.45) is 0 Å². The summed E-state index contributed by atoms with van der Waals surface area (Å²) in [5, 5.41) is 5.34. The second-order valence-electron chi connectivity index (χ2n) is 16.5. The fourth-order valence-corrected chi connectivity index (χ4v) is 8.53. The van der Waals surface area contributed by atoms with E-state index in [-0.39, 0.29) is 14.9 Å². The van der Waals surface area contributed by atoms with Crippen LogP contribution >= 0.6 is 0 Å². The minimum absolute atomic E-state index is 0. The SMILES string of the molecule is Cc1ccc(-c2ccc(-c3ccc(C)cc3)c3[cH-]c(Cc4ccccc4)cc23)cc1.Cc1ccc(-c2ccc(-c3ccc(C)cc3)c3[cH-]c(Cc4ccccc4)cc23)cc1.[CH3-].[CH3-].[Si]=[Zr]. The predicted molar refractivity (Wildman–Crippen MR) is 277 cm³/mol. The molecule has 316 valence electrons. The van der Waals surface area contributed by atoms with Crippen molar-refractivity contribution in [3.8, 4) is 44.5 Å². The van der Waals surface area contributed by atoms with E-state index in [1.807, 2.05) is 0 Å². The third kappa shape index (κ3) is 11.1. The number of fused-ring (bicyclic) bond motifs is 2. The molecule has 10 aromatic carbocycles. The number of benzene rings is 8. The van der Waals surface area contributed by atoms with Gasteiger partial charge in [0.15, 0.2) is 0 Å². The molecule has 0 amide bonds. The molecule has 10 aromatic rings. The molecule has 0 aliphatic carbocycles. The molecule has 2 radical (unpaired) electrons. The summed E-state index contributed by atoms with van der Waals surface area (Å²) in [5.74, 6) is 0. The molecular weight excluding hydrogens is 864 g/mol. The Morgan fingerprint density at radius 3 is 0.906 bits per heavy atom. The molecule has 0 aromatic heterocycles. The van der Waals surface area contributed by atoms with Gasteiger partial charge in [-0.25, -0.2) is 0 Å². The molecule has 0 nitrogen and oxygen atoms in total. The first kappa shape index (κ1) is 47.6. The monoisotopic (exact) mass is 918 g/mol. The van der Waals surface area contributed by atoms with Gasteiger partial charge < -0.3 is 14.9 Å². The topological polar surface area (TPSA) is 0 Å². The van der Waals surface area contributed by atoms with Crippen LogP contribution in [0.4, 0.5) is 0 Å². The van der Waals surface area contributed by atoms with Crippen molar-refractivity contribution in [2.45, 2.75) is 40.5 Å². The molecule has 0 unspecified atom stereocenters. The Balaban J connectivity index is 0.000000199. The molecular formula is C62H56SiZr-4. The summed E-state index contributed by atoms with van der Waals surface area (Å²) < 4.78 is 0. The van der Waals surface area contributed by atoms with Gasteiger partial charge >= 0.3 is 30.2 Å². The van der Waals surface area contributed by atoms with E-state index in [4.69, 9.17) is 0 Å². The van der Waals surface area contributed by atoms with Crippen LogP contribution in [0.15, 0.2) is 206 Å². The fraction of sp³-hybridized carbons (Fsp3) is 0.0968. The number of aryl methyl sites for hydroxylation is 4. The first-order chi connectivity index (χ1) is 30.3. The van der Waals surface area contributed by atoms with Crippen molar-refractivity contribution in [3.63, 3.8) is 0 Å². The van der Waals surface area contributed by atoms with E-state index in [0.29, 0.717) is 0 Å². The first-order valence-corrected chi connectivity index (χ1v) is 25.6. The van der Waals surface area contributed by atoms with Crippen LogP contribution in [-0.4, -0.2) is 6.88 Å². The summed E-state index contributed by atoms with van der Waals surface area (Å²) >= 11 is 1.36. The van der Waals surface area contributed by atoms with Gasteiger partial charge in [-0.2, -0.15) is 12.1 Å². The summed E-state index contributed by atoms with van der Waals surface area (Å²) in [4.78, 5) is 0. The van der Waals surface area contributed by atoms with Crippen molar-refractivity contribution in [3.05, 3.63) is 266 Å². The third-order valence-corrected chi connectivity index (χ3v) is 11.8. The van der Waals surface area contributed by atoms with Gasteiger partial charge in [0.2, 0.25) is 0 Å². The summed E-state index contributed by atoms with van der Waals surface area (Å²) in [6.45, 7) is 11.6. The minimum atomic E-state index is 0. The summed E-state index contributed by atoms with van der Waals surface area (Å²) in [6, 6.07) is 75.6. The number of hydrogen-bond acceptors (Lipinski definition) is 0. The van der Waals surface area contributed by atoms with Gasteiger partial charge in [0.05, 0.1) is 0 Å². The standard InChI is InChI=1S/2C30H25.2CH3.Si.Zr/c2*1-21-8-12-25(13-9-21)27-16-17-28(26-14-10-22(2)11-15-26)30-20-24(19-29(27)30)18-23-6-4-3-5-7-23;;;;/h2*3-17,19-20H,18H2,1-2H3;2*1H3;;/q4*-1;;. The molecule has 0 bridgehead atoms. The maximum atomic E-state index is 3.06. The quantitative estimate of drug-likeness (QED) is 0.105. The molecule has 0 N–H and O–H groups in total. The summed E-state index contributed by atoms with van der Waals surface area (Å²) in [7, 11) is 0. The molecule has 0 atom stereocenters. The zero-order valence-electron chi connectivity index (χ0n) is 38.0. The van der Waals surface area contributed by atoms with E-state index in [2.05, 4.69) is 241 Å². The van der Waals surface area contributed by atoms with Gasteiger partial charge in [0, 0.05) is 0 Å². The molecule has 0 aliphatic rings. The van der Waals surface area contributed by atoms with Crippen molar-refractivity contribution < 1.29 is 23.3 Å². The van der Waals surface area contributed by atoms with Gasteiger partial charge in [-0.05, 0) is 62.8 Å². The fourth-order valence-electron chi connectivity index (χ4n) is 8.53. The van der Waals surface area contributed by atoms with Gasteiger partial charge in [-0.3, -0.25) is 0 Å². The Kier molecular flexibility index (Phi) is 16.4. The van der Waals surface area contributed by atoms with Crippen LogP contribution in [0, 0.1) is 42.5 Å². The van der Waals surface area contributed by atoms with E-state index in [1.165, 1.54) is 134 Å². The molecule has 0 fully saturated rings. The Bertz CT molecular complexity index is 2650. The number of hydrogen-bond donors (Lipinski definition) is 0. The average Bonchev–Trinajstić information content (AvgIpc) is 3.93. The van der Waals surface area contributed by atoms with E-state index < -0.39 is 0 Å². The Morgan fingerprint density at radius 2 is 0.609 bits per heavy atom. The number of rotatable bonds is 8. The van der Waals surface area contributed by atoms with Crippen LogP contribution in [0.2, 0.25) is 0 Å². The molecule has 2 heteroatoms. The first-order valence-electron chi connectivity index (χ1n) is 21.4. The normalized spacial score (nSPS) is 10.5. The zero-order chi connectivity index (χ0) is 43.0. The van der Waals surface area contributed by atoms with E-state index in [1.54, 1.807) is 0 Å². The van der Waals surface area contributed by atoms with Gasteiger partial charge in [0.25, 0.3) is 0 Å². The van der Waals surface area contributed by atoms with Crippen LogP contribution < -0.4 is 0 Å². The van der Waals surface area contributed by atoms with Crippen LogP contribution in [-0.2, 0) is 36.2 Å². The van der Waals surface area contributed by atoms with E-state index >= 15 is 0 Å². The van der Waals surface area contributed by atoms with Crippen LogP contribution in [0.5, 0.6) is 0 Å². The second kappa shape index (κ2) is 22.1. The van der Waals surface area contributed by atoms with Crippen molar-refractivity contribution in [1.82, 2.24) is 0 Å². The van der Waals surface area contributed by atoms with Crippen molar-refractivity contribution in [1.29, 1.82) is 0 Å². The van der Waals surface area contributed by atoms with Crippen molar-refractivity contribution in [2.75, 3.05) is 0 Å². The molecule has 10 rings (SSSR count). The molecule has 0 saturated heterocycles. The molecule has 0 saturated carbocycles. The van der Waals surface area contributed by atoms with Gasteiger partial charge in [-0.15, -0.1) is 44.8 Å². The summed E-state index contributed by atoms with van der Waals surface area (Å²) in [6.07, 6.45) is 1.91. The van der Waals surface area contributed by atoms with E-state index in [0.717, 1.165) is 12.8 Å². The Morgan fingerprint density at radius 1 is 0.344 bits per heavy atom. The maximum absolute atomic E-state index is 3.06. The third-order valence-electron chi connectivity index (χ3n) is 11.8. The predicted octanol–water partition coefficient (Wildman–Crippen LogP) is 16.7.